The van der Waals surface area contributed by atoms with Gasteiger partial charge in [-0.2, -0.15) is 0 Å². The maximum atomic E-state index is 13.7. The van der Waals surface area contributed by atoms with Crippen molar-refractivity contribution in [2.24, 2.45) is 4.99 Å². The van der Waals surface area contributed by atoms with Crippen molar-refractivity contribution in [1.82, 2.24) is 14.9 Å². The summed E-state index contributed by atoms with van der Waals surface area (Å²) >= 11 is 6.13. The van der Waals surface area contributed by atoms with Crippen molar-refractivity contribution in [2.75, 3.05) is 37.9 Å². The van der Waals surface area contributed by atoms with Gasteiger partial charge in [0.25, 0.3) is 11.9 Å². The van der Waals surface area contributed by atoms with Crippen LogP contribution in [0.3, 0.4) is 0 Å². The van der Waals surface area contributed by atoms with E-state index in [4.69, 9.17) is 31.3 Å². The van der Waals surface area contributed by atoms with Crippen molar-refractivity contribution in [3.8, 4) is 22.5 Å². The Morgan fingerprint density at radius 2 is 1.53 bits per heavy atom. The number of carbonyl (C=O) groups excluding carboxylic acids is 1. The first-order valence-electron chi connectivity index (χ1n) is 12.6. The van der Waals surface area contributed by atoms with E-state index in [1.807, 2.05) is 85.8 Å². The maximum absolute atomic E-state index is 13.7. The highest BCUT2D eigenvalue weighted by Gasteiger charge is 2.35. The van der Waals surface area contributed by atoms with Crippen LogP contribution in [0.2, 0.25) is 5.02 Å². The van der Waals surface area contributed by atoms with Gasteiger partial charge in [-0.1, -0.05) is 71.8 Å². The highest BCUT2D eigenvalue weighted by molar-refractivity contribution is 6.54. The molecule has 0 bridgehead atoms. The van der Waals surface area contributed by atoms with Crippen LogP contribution in [0.4, 0.5) is 11.6 Å². The molecule has 4 aromatic rings. The quantitative estimate of drug-likeness (QED) is 0.344. The molecular formula is C30H26ClN5O2. The zero-order valence-corrected chi connectivity index (χ0v) is 21.7. The molecule has 0 aliphatic carbocycles. The molecule has 2 aliphatic rings. The Balaban J connectivity index is 1.43. The topological polar surface area (TPSA) is 70.9 Å². The van der Waals surface area contributed by atoms with Gasteiger partial charge in [-0.15, -0.1) is 0 Å². The third-order valence-corrected chi connectivity index (χ3v) is 7.01. The molecule has 3 heterocycles. The van der Waals surface area contributed by atoms with Crippen LogP contribution in [0, 0.1) is 6.92 Å². The van der Waals surface area contributed by atoms with E-state index < -0.39 is 0 Å². The van der Waals surface area contributed by atoms with Crippen molar-refractivity contribution in [3.05, 3.63) is 95.0 Å². The maximum Gasteiger partial charge on any atom is 0.278 e. The Labute approximate surface area is 226 Å². The number of aryl methyl sites for hydroxylation is 1. The van der Waals surface area contributed by atoms with E-state index in [-0.39, 0.29) is 11.9 Å². The smallest absolute Gasteiger partial charge is 0.278 e. The van der Waals surface area contributed by atoms with E-state index in [2.05, 4.69) is 4.90 Å². The van der Waals surface area contributed by atoms with Gasteiger partial charge in [-0.25, -0.2) is 15.0 Å². The average molecular weight is 524 g/mol. The molecule has 3 aromatic carbocycles. The molecule has 38 heavy (non-hydrogen) atoms. The monoisotopic (exact) mass is 523 g/mol. The summed E-state index contributed by atoms with van der Waals surface area (Å²) in [4.78, 5) is 32.0. The number of morpholine rings is 1. The van der Waals surface area contributed by atoms with Gasteiger partial charge < -0.3 is 4.74 Å². The third kappa shape index (κ3) is 4.96. The molecule has 1 aromatic heterocycles. The van der Waals surface area contributed by atoms with Gasteiger partial charge in [0, 0.05) is 34.8 Å². The van der Waals surface area contributed by atoms with E-state index >= 15 is 0 Å². The molecule has 0 saturated carbocycles. The highest BCUT2D eigenvalue weighted by atomic mass is 35.5. The summed E-state index contributed by atoms with van der Waals surface area (Å²) < 4.78 is 5.48. The summed E-state index contributed by atoms with van der Waals surface area (Å²) in [6.45, 7) is 5.43. The number of fused-ring (bicyclic) bond motifs is 1. The number of halogens is 1. The van der Waals surface area contributed by atoms with Gasteiger partial charge in [-0.3, -0.25) is 14.6 Å². The lowest BCUT2D eigenvalue weighted by Crippen LogP contribution is -2.45. The first kappa shape index (κ1) is 24.4. The molecular weight excluding hydrogens is 498 g/mol. The molecule has 2 aliphatic heterocycles. The minimum Gasteiger partial charge on any atom is -0.379 e. The average Bonchev–Trinajstić information content (AvgIpc) is 3.20. The Bertz CT molecular complexity index is 1450. The molecule has 190 valence electrons. The van der Waals surface area contributed by atoms with Crippen molar-refractivity contribution < 1.29 is 9.53 Å². The molecule has 0 unspecified atom stereocenters. The van der Waals surface area contributed by atoms with Gasteiger partial charge in [0.1, 0.15) is 5.71 Å². The number of nitrogens with zero attached hydrogens (tertiary/aromatic N) is 5. The summed E-state index contributed by atoms with van der Waals surface area (Å²) in [7, 11) is 0. The Morgan fingerprint density at radius 1 is 0.895 bits per heavy atom. The lowest BCUT2D eigenvalue weighted by Gasteiger charge is -2.30. The molecule has 0 atom stereocenters. The van der Waals surface area contributed by atoms with Crippen molar-refractivity contribution in [3.63, 3.8) is 0 Å². The number of aliphatic imine (C=N–C) groups is 1. The normalized spacial score (nSPS) is 16.7. The van der Waals surface area contributed by atoms with Crippen LogP contribution in [-0.2, 0) is 9.53 Å². The minimum absolute atomic E-state index is 0.157. The van der Waals surface area contributed by atoms with Crippen LogP contribution in [0.15, 0.2) is 83.9 Å². The first-order chi connectivity index (χ1) is 18.5. The largest absolute Gasteiger partial charge is 0.379 e. The predicted octanol–water partition coefficient (Wildman–Crippen LogP) is 5.53. The highest BCUT2D eigenvalue weighted by Crippen LogP contribution is 2.32. The summed E-state index contributed by atoms with van der Waals surface area (Å²) in [5.74, 6) is 0.0782. The number of ether oxygens (including phenoxy) is 1. The molecule has 6 rings (SSSR count). The minimum atomic E-state index is -0.157. The first-order valence-corrected chi connectivity index (χ1v) is 12.9. The zero-order chi connectivity index (χ0) is 26.1. The second-order valence-electron chi connectivity index (χ2n) is 9.39. The molecule has 0 radical (unpaired) electrons. The third-order valence-electron chi connectivity index (χ3n) is 6.76. The summed E-state index contributed by atoms with van der Waals surface area (Å²) in [5, 5.41) is 0.649. The van der Waals surface area contributed by atoms with Gasteiger partial charge in [0.2, 0.25) is 0 Å². The van der Waals surface area contributed by atoms with Crippen LogP contribution in [-0.4, -0.2) is 59.5 Å². The fourth-order valence-electron chi connectivity index (χ4n) is 4.68. The van der Waals surface area contributed by atoms with Crippen LogP contribution in [0.5, 0.6) is 0 Å². The Kier molecular flexibility index (Phi) is 6.72. The molecule has 7 nitrogen and oxygen atoms in total. The molecule has 0 spiro atoms. The van der Waals surface area contributed by atoms with Crippen LogP contribution in [0.25, 0.3) is 22.5 Å². The second-order valence-corrected chi connectivity index (χ2v) is 9.83. The van der Waals surface area contributed by atoms with Gasteiger partial charge >= 0.3 is 0 Å². The number of hydrogen-bond donors (Lipinski definition) is 0. The molecule has 1 saturated heterocycles. The van der Waals surface area contributed by atoms with Crippen LogP contribution in [0.1, 0.15) is 11.1 Å². The number of benzene rings is 3. The number of carbonyl (C=O) groups is 1. The SMILES string of the molecule is Cc1ccc(-c2cc(-c3ccc(Cl)cc3)nc(/N=C3\C(=O)N(CN4CCOCC4)c4ccccc43)n2)cc1. The van der Waals surface area contributed by atoms with Gasteiger partial charge in [0.15, 0.2) is 0 Å². The molecule has 8 heteroatoms. The number of aromatic nitrogens is 2. The predicted molar refractivity (Wildman–Crippen MR) is 150 cm³/mol. The van der Waals surface area contributed by atoms with Crippen molar-refractivity contribution in [1.29, 1.82) is 0 Å². The van der Waals surface area contributed by atoms with Gasteiger partial charge in [-0.05, 0) is 31.2 Å². The standard InChI is InChI=1S/C30H26ClN5O2/c1-20-6-8-21(9-7-20)25-18-26(22-10-12-23(31)13-11-22)33-30(32-25)34-28-24-4-2-3-5-27(24)36(29(28)37)19-35-14-16-38-17-15-35/h2-13,18H,14-17,19H2,1H3/b34-28-. The van der Waals surface area contributed by atoms with E-state index in [1.54, 1.807) is 4.90 Å². The Morgan fingerprint density at radius 3 is 2.21 bits per heavy atom. The number of amides is 1. The summed E-state index contributed by atoms with van der Waals surface area (Å²) in [6.07, 6.45) is 0. The van der Waals surface area contributed by atoms with E-state index in [1.165, 1.54) is 0 Å². The number of para-hydroxylation sites is 1. The second kappa shape index (κ2) is 10.5. The van der Waals surface area contributed by atoms with Gasteiger partial charge in [0.05, 0.1) is 37.0 Å². The van der Waals surface area contributed by atoms with E-state index in [0.717, 1.165) is 46.7 Å². The van der Waals surface area contributed by atoms with Crippen LogP contribution < -0.4 is 4.90 Å². The number of rotatable bonds is 5. The van der Waals surface area contributed by atoms with E-state index in [9.17, 15) is 4.79 Å². The lowest BCUT2D eigenvalue weighted by atomic mass is 10.1. The molecule has 1 fully saturated rings. The van der Waals surface area contributed by atoms with Crippen LogP contribution >= 0.6 is 11.6 Å². The van der Waals surface area contributed by atoms with Crippen molar-refractivity contribution >= 4 is 34.9 Å². The zero-order valence-electron chi connectivity index (χ0n) is 21.0. The number of hydrogen-bond acceptors (Lipinski definition) is 6. The summed E-state index contributed by atoms with van der Waals surface area (Å²) in [5.41, 5.74) is 6.40. The lowest BCUT2D eigenvalue weighted by molar-refractivity contribution is -0.112. The summed E-state index contributed by atoms with van der Waals surface area (Å²) in [6, 6.07) is 25.3. The fourth-order valence-corrected chi connectivity index (χ4v) is 4.80. The number of anilines is 1. The Hall–Kier alpha value is -3.91. The fraction of sp³-hybridized carbons (Fsp3) is 0.200. The van der Waals surface area contributed by atoms with E-state index in [0.29, 0.717) is 36.3 Å². The molecule has 1 amide bonds. The van der Waals surface area contributed by atoms with Crippen molar-refractivity contribution in [2.45, 2.75) is 6.92 Å². The molecule has 0 N–H and O–H groups in total.